The van der Waals surface area contributed by atoms with Crippen LogP contribution in [0.5, 0.6) is 17.2 Å². The van der Waals surface area contributed by atoms with Crippen molar-refractivity contribution in [3.63, 3.8) is 0 Å². The second-order valence-electron chi connectivity index (χ2n) is 8.01. The molecule has 0 saturated heterocycles. The molecule has 0 spiro atoms. The van der Waals surface area contributed by atoms with Crippen LogP contribution in [-0.4, -0.2) is 35.1 Å². The van der Waals surface area contributed by atoms with E-state index in [1.54, 1.807) is 36.6 Å². The first-order valence-corrected chi connectivity index (χ1v) is 12.3. The summed E-state index contributed by atoms with van der Waals surface area (Å²) in [6.45, 7) is 0.937. The van der Waals surface area contributed by atoms with Crippen LogP contribution in [0.15, 0.2) is 78.2 Å². The molecule has 0 unspecified atom stereocenters. The van der Waals surface area contributed by atoms with E-state index < -0.39 is 0 Å². The van der Waals surface area contributed by atoms with Gasteiger partial charge in [-0.3, -0.25) is 4.79 Å². The van der Waals surface area contributed by atoms with Gasteiger partial charge in [0.05, 0.1) is 32.1 Å². The largest absolute Gasteiger partial charge is 0.496 e. The Labute approximate surface area is 214 Å². The average Bonchev–Trinajstić information content (AvgIpc) is 3.40. The van der Waals surface area contributed by atoms with Crippen molar-refractivity contribution < 1.29 is 24.1 Å². The van der Waals surface area contributed by atoms with E-state index in [-0.39, 0.29) is 19.1 Å². The molecular formula is C28H28N2O5S. The molecular weight excluding hydrogens is 476 g/mol. The molecule has 36 heavy (non-hydrogen) atoms. The maximum Gasteiger partial charge on any atom is 0.258 e. The van der Waals surface area contributed by atoms with Crippen molar-refractivity contribution in [2.24, 2.45) is 0 Å². The first-order chi connectivity index (χ1) is 17.6. The first-order valence-electron chi connectivity index (χ1n) is 11.4. The van der Waals surface area contributed by atoms with Crippen molar-refractivity contribution >= 4 is 17.2 Å². The van der Waals surface area contributed by atoms with Crippen LogP contribution in [0.3, 0.4) is 0 Å². The number of hydrogen-bond acceptors (Lipinski definition) is 7. The van der Waals surface area contributed by atoms with E-state index in [1.165, 1.54) is 11.3 Å². The molecule has 0 atom stereocenters. The van der Waals surface area contributed by atoms with Gasteiger partial charge in [0, 0.05) is 18.5 Å². The normalized spacial score (nSPS) is 10.6. The number of rotatable bonds is 11. The number of ether oxygens (including phenoxy) is 3. The van der Waals surface area contributed by atoms with Gasteiger partial charge in [0.25, 0.3) is 5.91 Å². The molecule has 4 rings (SSSR count). The lowest BCUT2D eigenvalue weighted by Gasteiger charge is -2.24. The zero-order valence-corrected chi connectivity index (χ0v) is 21.0. The Kier molecular flexibility index (Phi) is 8.54. The van der Waals surface area contributed by atoms with Crippen molar-refractivity contribution in [1.82, 2.24) is 9.88 Å². The fourth-order valence-electron chi connectivity index (χ4n) is 3.77. The van der Waals surface area contributed by atoms with Crippen LogP contribution in [0.2, 0.25) is 0 Å². The Balaban J connectivity index is 1.59. The summed E-state index contributed by atoms with van der Waals surface area (Å²) in [7, 11) is 3.15. The summed E-state index contributed by atoms with van der Waals surface area (Å²) in [5.74, 6) is 1.54. The highest BCUT2D eigenvalue weighted by Crippen LogP contribution is 2.30. The molecule has 0 aliphatic rings. The summed E-state index contributed by atoms with van der Waals surface area (Å²) in [5.41, 5.74) is 3.03. The molecule has 0 aliphatic carbocycles. The van der Waals surface area contributed by atoms with Crippen LogP contribution < -0.4 is 14.2 Å². The molecule has 1 heterocycles. The molecule has 8 heteroatoms. The van der Waals surface area contributed by atoms with Crippen LogP contribution in [0.25, 0.3) is 0 Å². The Bertz CT molecular complexity index is 1290. The molecule has 4 aromatic rings. The average molecular weight is 505 g/mol. The number of carbonyl (C=O) groups excluding carboxylic acids is 1. The quantitative estimate of drug-likeness (QED) is 0.307. The van der Waals surface area contributed by atoms with Crippen LogP contribution >= 0.6 is 11.3 Å². The van der Waals surface area contributed by atoms with E-state index in [4.69, 9.17) is 14.2 Å². The number of thiazole rings is 1. The molecule has 0 saturated carbocycles. The van der Waals surface area contributed by atoms with E-state index in [2.05, 4.69) is 4.98 Å². The minimum Gasteiger partial charge on any atom is -0.496 e. The summed E-state index contributed by atoms with van der Waals surface area (Å²) in [4.78, 5) is 19.8. The van der Waals surface area contributed by atoms with Crippen LogP contribution in [0, 0.1) is 0 Å². The molecule has 0 aliphatic heterocycles. The number of carbonyl (C=O) groups is 1. The van der Waals surface area contributed by atoms with Crippen LogP contribution in [0.4, 0.5) is 0 Å². The van der Waals surface area contributed by atoms with Crippen molar-refractivity contribution in [3.05, 3.63) is 106 Å². The number of hydrogen-bond donors (Lipinski definition) is 1. The molecule has 0 fully saturated rings. The van der Waals surface area contributed by atoms with Gasteiger partial charge in [-0.2, -0.15) is 0 Å². The summed E-state index contributed by atoms with van der Waals surface area (Å²) < 4.78 is 16.9. The number of aromatic nitrogens is 1. The van der Waals surface area contributed by atoms with Gasteiger partial charge in [0.1, 0.15) is 17.4 Å². The highest BCUT2D eigenvalue weighted by molar-refractivity contribution is 7.09. The number of para-hydroxylation sites is 1. The predicted octanol–water partition coefficient (Wildman–Crippen LogP) is 5.07. The Morgan fingerprint density at radius 2 is 1.61 bits per heavy atom. The molecule has 186 valence electrons. The minimum absolute atomic E-state index is 0.104. The number of aliphatic hydroxyl groups is 1. The number of aliphatic hydroxyl groups excluding tert-OH is 1. The Morgan fingerprint density at radius 1 is 0.889 bits per heavy atom. The standard InChI is InChI=1S/C28H28N2O5S/c1-33-24-11-7-6-10-23(24)28(32)30(15-20-8-4-3-5-9-20)16-21-12-13-25(34-2)26(14-21)35-18-27-29-22(17-31)19-36-27/h3-14,19,31H,15-18H2,1-2H3. The van der Waals surface area contributed by atoms with E-state index in [9.17, 15) is 9.90 Å². The lowest BCUT2D eigenvalue weighted by molar-refractivity contribution is 0.0726. The van der Waals surface area contributed by atoms with Gasteiger partial charge < -0.3 is 24.2 Å². The molecule has 3 aromatic carbocycles. The lowest BCUT2D eigenvalue weighted by Crippen LogP contribution is -2.30. The second kappa shape index (κ2) is 12.2. The highest BCUT2D eigenvalue weighted by atomic mass is 32.1. The molecule has 1 amide bonds. The zero-order valence-electron chi connectivity index (χ0n) is 20.2. The molecule has 1 N–H and O–H groups in total. The Hall–Kier alpha value is -3.88. The summed E-state index contributed by atoms with van der Waals surface area (Å²) >= 11 is 1.43. The third-order valence-corrected chi connectivity index (χ3v) is 6.43. The fraction of sp³-hybridized carbons (Fsp3) is 0.214. The van der Waals surface area contributed by atoms with Gasteiger partial charge in [-0.1, -0.05) is 48.5 Å². The van der Waals surface area contributed by atoms with E-state index in [0.717, 1.165) is 16.1 Å². The highest BCUT2D eigenvalue weighted by Gasteiger charge is 2.21. The topological polar surface area (TPSA) is 81.1 Å². The number of amides is 1. The van der Waals surface area contributed by atoms with Gasteiger partial charge in [-0.25, -0.2) is 4.98 Å². The first kappa shape index (κ1) is 25.2. The fourth-order valence-corrected chi connectivity index (χ4v) is 4.47. The smallest absolute Gasteiger partial charge is 0.258 e. The number of benzene rings is 3. The van der Waals surface area contributed by atoms with Gasteiger partial charge in [0.2, 0.25) is 0 Å². The van der Waals surface area contributed by atoms with Gasteiger partial charge in [0.15, 0.2) is 11.5 Å². The summed E-state index contributed by atoms with van der Waals surface area (Å²) in [5, 5.41) is 11.8. The lowest BCUT2D eigenvalue weighted by atomic mass is 10.1. The molecule has 7 nitrogen and oxygen atoms in total. The van der Waals surface area contributed by atoms with Crippen molar-refractivity contribution in [3.8, 4) is 17.2 Å². The van der Waals surface area contributed by atoms with Crippen LogP contribution in [-0.2, 0) is 26.3 Å². The molecule has 0 bridgehead atoms. The third-order valence-electron chi connectivity index (χ3n) is 5.55. The second-order valence-corrected chi connectivity index (χ2v) is 8.95. The maximum atomic E-state index is 13.6. The van der Waals surface area contributed by atoms with Crippen molar-refractivity contribution in [2.75, 3.05) is 14.2 Å². The summed E-state index contributed by atoms with van der Waals surface area (Å²) in [6, 6.07) is 22.7. The van der Waals surface area contributed by atoms with E-state index in [1.807, 2.05) is 60.7 Å². The van der Waals surface area contributed by atoms with Crippen molar-refractivity contribution in [2.45, 2.75) is 26.3 Å². The number of methoxy groups -OCH3 is 2. The zero-order chi connectivity index (χ0) is 25.3. The van der Waals surface area contributed by atoms with Crippen LogP contribution in [0.1, 0.15) is 32.2 Å². The maximum absolute atomic E-state index is 13.6. The van der Waals surface area contributed by atoms with E-state index >= 15 is 0 Å². The SMILES string of the molecule is COc1ccc(CN(Cc2ccccc2)C(=O)c2ccccc2OC)cc1OCc1nc(CO)cs1. The van der Waals surface area contributed by atoms with Gasteiger partial charge in [-0.15, -0.1) is 11.3 Å². The Morgan fingerprint density at radius 3 is 2.33 bits per heavy atom. The van der Waals surface area contributed by atoms with Crippen molar-refractivity contribution in [1.29, 1.82) is 0 Å². The van der Waals surface area contributed by atoms with E-state index in [0.29, 0.717) is 41.6 Å². The number of nitrogens with zero attached hydrogens (tertiary/aromatic N) is 2. The molecule has 1 aromatic heterocycles. The molecule has 0 radical (unpaired) electrons. The van der Waals surface area contributed by atoms with Gasteiger partial charge >= 0.3 is 0 Å². The summed E-state index contributed by atoms with van der Waals surface area (Å²) in [6.07, 6.45) is 0. The van der Waals surface area contributed by atoms with Gasteiger partial charge in [-0.05, 0) is 35.4 Å². The third kappa shape index (κ3) is 6.21. The monoisotopic (exact) mass is 504 g/mol. The predicted molar refractivity (Wildman–Crippen MR) is 138 cm³/mol. The minimum atomic E-state index is -0.131.